The molecule has 0 aliphatic heterocycles. The summed E-state index contributed by atoms with van der Waals surface area (Å²) < 4.78 is 24.1. The van der Waals surface area contributed by atoms with E-state index in [0.717, 1.165) is 12.8 Å². The van der Waals surface area contributed by atoms with Gasteiger partial charge in [0.1, 0.15) is 0 Å². The van der Waals surface area contributed by atoms with Crippen molar-refractivity contribution in [1.82, 2.24) is 0 Å². The van der Waals surface area contributed by atoms with Crippen molar-refractivity contribution in [2.24, 2.45) is 5.92 Å². The first-order valence-corrected chi connectivity index (χ1v) is 7.77. The summed E-state index contributed by atoms with van der Waals surface area (Å²) in [4.78, 5) is 0.470. The molecule has 0 amide bonds. The number of rotatable bonds is 3. The fourth-order valence-electron chi connectivity index (χ4n) is 1.85. The lowest BCUT2D eigenvalue weighted by atomic mass is 9.87. The zero-order valence-corrected chi connectivity index (χ0v) is 11.5. The highest BCUT2D eigenvalue weighted by atomic mass is 32.2. The minimum atomic E-state index is -3.06. The fourth-order valence-corrected chi connectivity index (χ4v) is 3.55. The third-order valence-electron chi connectivity index (χ3n) is 3.23. The molecule has 0 unspecified atom stereocenters. The van der Waals surface area contributed by atoms with Crippen molar-refractivity contribution in [2.45, 2.75) is 43.9 Å². The summed E-state index contributed by atoms with van der Waals surface area (Å²) in [5.74, 6) is 0.726. The molecule has 0 atom stereocenters. The molecule has 0 N–H and O–H groups in total. The Morgan fingerprint density at radius 2 is 1.65 bits per heavy atom. The van der Waals surface area contributed by atoms with Crippen molar-refractivity contribution >= 4 is 9.84 Å². The van der Waals surface area contributed by atoms with Crippen LogP contribution in [0.2, 0.25) is 0 Å². The summed E-state index contributed by atoms with van der Waals surface area (Å²) in [6.07, 6.45) is 2.14. The van der Waals surface area contributed by atoms with Gasteiger partial charge in [0.25, 0.3) is 0 Å². The lowest BCUT2D eigenvalue weighted by Crippen LogP contribution is -2.12. The Bertz CT molecular complexity index is 488. The Morgan fingerprint density at radius 1 is 1.12 bits per heavy atom. The maximum Gasteiger partial charge on any atom is 0.178 e. The van der Waals surface area contributed by atoms with Gasteiger partial charge in [-0.2, -0.15) is 0 Å². The number of sulfone groups is 1. The molecule has 1 fully saturated rings. The van der Waals surface area contributed by atoms with E-state index in [0.29, 0.717) is 16.6 Å². The van der Waals surface area contributed by atoms with Crippen molar-refractivity contribution in [1.29, 1.82) is 0 Å². The lowest BCUT2D eigenvalue weighted by Gasteiger charge is -2.19. The fraction of sp³-hybridized carbons (Fsp3) is 0.571. The first kappa shape index (κ1) is 12.6. The van der Waals surface area contributed by atoms with Crippen molar-refractivity contribution < 1.29 is 8.42 Å². The molecule has 0 saturated heterocycles. The van der Waals surface area contributed by atoms with Crippen LogP contribution in [-0.4, -0.2) is 14.2 Å². The van der Waals surface area contributed by atoms with Crippen LogP contribution in [-0.2, 0) is 15.3 Å². The Hall–Kier alpha value is -0.830. The molecule has 0 spiro atoms. The van der Waals surface area contributed by atoms with E-state index in [1.54, 1.807) is 12.1 Å². The van der Waals surface area contributed by atoms with Gasteiger partial charge in [-0.05, 0) is 41.9 Å². The van der Waals surface area contributed by atoms with E-state index >= 15 is 0 Å². The van der Waals surface area contributed by atoms with Gasteiger partial charge in [0.05, 0.1) is 10.6 Å². The largest absolute Gasteiger partial charge is 0.224 e. The summed E-state index contributed by atoms with van der Waals surface area (Å²) >= 11 is 0. The Kier molecular flexibility index (Phi) is 3.06. The quantitative estimate of drug-likeness (QED) is 0.828. The molecule has 17 heavy (non-hydrogen) atoms. The Morgan fingerprint density at radius 3 is 2.06 bits per heavy atom. The maximum absolute atomic E-state index is 12.0. The third kappa shape index (κ3) is 3.09. The predicted molar refractivity (Wildman–Crippen MR) is 69.9 cm³/mol. The first-order valence-electron chi connectivity index (χ1n) is 6.12. The molecular weight excluding hydrogens is 232 g/mol. The zero-order chi connectivity index (χ0) is 12.7. The number of benzene rings is 1. The molecule has 1 aliphatic rings. The highest BCUT2D eigenvalue weighted by Gasteiger charge is 2.29. The summed E-state index contributed by atoms with van der Waals surface area (Å²) in [6, 6.07) is 7.36. The molecule has 1 aliphatic carbocycles. The van der Waals surface area contributed by atoms with Crippen LogP contribution in [0.5, 0.6) is 0 Å². The summed E-state index contributed by atoms with van der Waals surface area (Å²) in [5.41, 5.74) is 1.24. The van der Waals surface area contributed by atoms with Crippen LogP contribution in [0.3, 0.4) is 0 Å². The van der Waals surface area contributed by atoms with Crippen LogP contribution in [0.25, 0.3) is 0 Å². The molecule has 94 valence electrons. The molecule has 0 bridgehead atoms. The number of hydrogen-bond donors (Lipinski definition) is 0. The van der Waals surface area contributed by atoms with Gasteiger partial charge in [0, 0.05) is 0 Å². The number of hydrogen-bond acceptors (Lipinski definition) is 2. The van der Waals surface area contributed by atoms with Crippen molar-refractivity contribution in [3.05, 3.63) is 29.8 Å². The van der Waals surface area contributed by atoms with Gasteiger partial charge in [0.2, 0.25) is 0 Å². The smallest absolute Gasteiger partial charge is 0.178 e. The molecular formula is C14H20O2S. The normalized spacial score (nSPS) is 17.1. The van der Waals surface area contributed by atoms with Gasteiger partial charge in [-0.25, -0.2) is 8.42 Å². The second-order valence-corrected chi connectivity index (χ2v) is 8.03. The Labute approximate surface area is 104 Å². The maximum atomic E-state index is 12.0. The SMILES string of the molecule is CC(C)(C)c1ccc(S(=O)(=O)CC2CC2)cc1. The van der Waals surface area contributed by atoms with Gasteiger partial charge in [0.15, 0.2) is 9.84 Å². The predicted octanol–water partition coefficient (Wildman–Crippen LogP) is 3.17. The van der Waals surface area contributed by atoms with E-state index in [1.807, 2.05) is 12.1 Å². The van der Waals surface area contributed by atoms with Crippen molar-refractivity contribution in [3.63, 3.8) is 0 Å². The second kappa shape index (κ2) is 4.13. The summed E-state index contributed by atoms with van der Waals surface area (Å²) in [7, 11) is -3.06. The van der Waals surface area contributed by atoms with E-state index in [1.165, 1.54) is 5.56 Å². The van der Waals surface area contributed by atoms with Crippen LogP contribution < -0.4 is 0 Å². The van der Waals surface area contributed by atoms with Gasteiger partial charge in [-0.15, -0.1) is 0 Å². The standard InChI is InChI=1S/C14H20O2S/c1-14(2,3)12-6-8-13(9-7-12)17(15,16)10-11-4-5-11/h6-9,11H,4-5,10H2,1-3H3. The molecule has 1 aromatic carbocycles. The van der Waals surface area contributed by atoms with Crippen LogP contribution in [0.15, 0.2) is 29.2 Å². The average Bonchev–Trinajstić information content (AvgIpc) is 3.00. The van der Waals surface area contributed by atoms with Crippen LogP contribution >= 0.6 is 0 Å². The molecule has 3 heteroatoms. The molecule has 0 aromatic heterocycles. The second-order valence-electron chi connectivity index (χ2n) is 6.00. The highest BCUT2D eigenvalue weighted by Crippen LogP contribution is 2.32. The van der Waals surface area contributed by atoms with Gasteiger partial charge < -0.3 is 0 Å². The van der Waals surface area contributed by atoms with E-state index in [9.17, 15) is 8.42 Å². The minimum absolute atomic E-state index is 0.0682. The summed E-state index contributed by atoms with van der Waals surface area (Å²) in [5, 5.41) is 0. The van der Waals surface area contributed by atoms with Gasteiger partial charge >= 0.3 is 0 Å². The topological polar surface area (TPSA) is 34.1 Å². The molecule has 0 radical (unpaired) electrons. The Balaban J connectivity index is 2.22. The van der Waals surface area contributed by atoms with E-state index in [-0.39, 0.29) is 5.41 Å². The zero-order valence-electron chi connectivity index (χ0n) is 10.7. The van der Waals surface area contributed by atoms with E-state index in [4.69, 9.17) is 0 Å². The van der Waals surface area contributed by atoms with Gasteiger partial charge in [-0.1, -0.05) is 32.9 Å². The lowest BCUT2D eigenvalue weighted by molar-refractivity contribution is 0.585. The highest BCUT2D eigenvalue weighted by molar-refractivity contribution is 7.91. The van der Waals surface area contributed by atoms with Crippen LogP contribution in [0.1, 0.15) is 39.2 Å². The summed E-state index contributed by atoms with van der Waals surface area (Å²) in [6.45, 7) is 6.38. The van der Waals surface area contributed by atoms with E-state index < -0.39 is 9.84 Å². The average molecular weight is 252 g/mol. The van der Waals surface area contributed by atoms with Crippen LogP contribution in [0.4, 0.5) is 0 Å². The van der Waals surface area contributed by atoms with Crippen molar-refractivity contribution in [3.8, 4) is 0 Å². The van der Waals surface area contributed by atoms with E-state index in [2.05, 4.69) is 20.8 Å². The minimum Gasteiger partial charge on any atom is -0.224 e. The third-order valence-corrected chi connectivity index (χ3v) is 5.13. The molecule has 0 heterocycles. The first-order chi connectivity index (χ1) is 7.79. The monoisotopic (exact) mass is 252 g/mol. The van der Waals surface area contributed by atoms with Gasteiger partial charge in [-0.3, -0.25) is 0 Å². The molecule has 2 nitrogen and oxygen atoms in total. The molecule has 1 saturated carbocycles. The molecule has 1 aromatic rings. The molecule has 2 rings (SSSR count). The van der Waals surface area contributed by atoms with Crippen molar-refractivity contribution in [2.75, 3.05) is 5.75 Å². The van der Waals surface area contributed by atoms with Crippen LogP contribution in [0, 0.1) is 5.92 Å².